The third-order valence-electron chi connectivity index (χ3n) is 4.79. The van der Waals surface area contributed by atoms with Gasteiger partial charge in [0.1, 0.15) is 6.67 Å². The minimum atomic E-state index is -4.64. The SMILES string of the molecule is CCCCCCCCCCCCCCCC(O)C(N)(CO)CF.O=P(O)(O)O. The van der Waals surface area contributed by atoms with E-state index in [9.17, 15) is 9.50 Å². The van der Waals surface area contributed by atoms with Gasteiger partial charge in [-0.2, -0.15) is 0 Å². The van der Waals surface area contributed by atoms with E-state index in [0.29, 0.717) is 6.42 Å². The molecule has 0 amide bonds. The van der Waals surface area contributed by atoms with Gasteiger partial charge in [0, 0.05) is 0 Å². The summed E-state index contributed by atoms with van der Waals surface area (Å²) >= 11 is 0. The molecule has 0 spiro atoms. The summed E-state index contributed by atoms with van der Waals surface area (Å²) in [5.74, 6) is 0. The molecule has 7 nitrogen and oxygen atoms in total. The highest BCUT2D eigenvalue weighted by Crippen LogP contribution is 2.25. The van der Waals surface area contributed by atoms with Crippen molar-refractivity contribution in [2.24, 2.45) is 5.73 Å². The quantitative estimate of drug-likeness (QED) is 0.153. The Hall–Kier alpha value is -0.0800. The van der Waals surface area contributed by atoms with Crippen molar-refractivity contribution in [3.8, 4) is 0 Å². The van der Waals surface area contributed by atoms with Gasteiger partial charge in [-0.15, -0.1) is 0 Å². The molecule has 0 radical (unpaired) electrons. The Balaban J connectivity index is 0. The standard InChI is InChI=1S/C19H40FNO2.H3O4P/c1-2-3-4-5-6-7-8-9-10-11-12-13-14-15-18(23)19(21,16-20)17-22;1-5(2,3)4/h18,22-23H,2-17,21H2,1H3;(H3,1,2,3,4). The predicted molar refractivity (Wildman–Crippen MR) is 111 cm³/mol. The third kappa shape index (κ3) is 22.2. The third-order valence-corrected chi connectivity index (χ3v) is 4.79. The maximum atomic E-state index is 12.7. The van der Waals surface area contributed by atoms with Gasteiger partial charge in [-0.25, -0.2) is 8.96 Å². The van der Waals surface area contributed by atoms with Crippen LogP contribution in [0.25, 0.3) is 0 Å². The van der Waals surface area contributed by atoms with Crippen molar-refractivity contribution in [3.63, 3.8) is 0 Å². The normalized spacial score (nSPS) is 14.9. The Labute approximate surface area is 169 Å². The minimum Gasteiger partial charge on any atom is -0.394 e. The lowest BCUT2D eigenvalue weighted by molar-refractivity contribution is 0.0214. The molecule has 2 unspecified atom stereocenters. The van der Waals surface area contributed by atoms with Crippen LogP contribution >= 0.6 is 7.82 Å². The van der Waals surface area contributed by atoms with Crippen LogP contribution in [0.4, 0.5) is 4.39 Å². The van der Waals surface area contributed by atoms with Crippen LogP contribution in [0.1, 0.15) is 96.8 Å². The minimum absolute atomic E-state index is 0.471. The van der Waals surface area contributed by atoms with E-state index in [1.807, 2.05) is 0 Å². The maximum Gasteiger partial charge on any atom is 0.466 e. The molecule has 28 heavy (non-hydrogen) atoms. The van der Waals surface area contributed by atoms with Crippen molar-refractivity contribution in [2.75, 3.05) is 13.3 Å². The van der Waals surface area contributed by atoms with Gasteiger partial charge in [-0.1, -0.05) is 90.4 Å². The molecule has 0 rings (SSSR count). The summed E-state index contributed by atoms with van der Waals surface area (Å²) in [4.78, 5) is 21.6. The Morgan fingerprint density at radius 2 is 1.18 bits per heavy atom. The fraction of sp³-hybridized carbons (Fsp3) is 1.00. The van der Waals surface area contributed by atoms with Crippen LogP contribution in [0.15, 0.2) is 0 Å². The van der Waals surface area contributed by atoms with Gasteiger partial charge < -0.3 is 30.6 Å². The molecule has 0 aliphatic rings. The van der Waals surface area contributed by atoms with Gasteiger partial charge in [-0.3, -0.25) is 0 Å². The molecule has 0 aromatic heterocycles. The van der Waals surface area contributed by atoms with Gasteiger partial charge in [0.2, 0.25) is 0 Å². The van der Waals surface area contributed by atoms with E-state index in [-0.39, 0.29) is 0 Å². The van der Waals surface area contributed by atoms with E-state index in [1.165, 1.54) is 64.2 Å². The Morgan fingerprint density at radius 3 is 1.46 bits per heavy atom. The van der Waals surface area contributed by atoms with Gasteiger partial charge in [-0.05, 0) is 6.42 Å². The fourth-order valence-corrected chi connectivity index (χ4v) is 2.88. The van der Waals surface area contributed by atoms with Crippen molar-refractivity contribution in [2.45, 2.75) is 108 Å². The van der Waals surface area contributed by atoms with E-state index < -0.39 is 32.7 Å². The van der Waals surface area contributed by atoms with Crippen molar-refractivity contribution in [1.29, 1.82) is 0 Å². The fourth-order valence-electron chi connectivity index (χ4n) is 2.88. The van der Waals surface area contributed by atoms with E-state index in [2.05, 4.69) is 6.92 Å². The van der Waals surface area contributed by atoms with Crippen LogP contribution in [-0.2, 0) is 4.57 Å². The summed E-state index contributed by atoms with van der Waals surface area (Å²) in [6, 6.07) is 0. The molecule has 0 fully saturated rings. The molecule has 0 bridgehead atoms. The summed E-state index contributed by atoms with van der Waals surface area (Å²) in [6.45, 7) is 0.854. The average molecular weight is 432 g/mol. The topological polar surface area (TPSA) is 144 Å². The summed E-state index contributed by atoms with van der Waals surface area (Å²) in [5.41, 5.74) is 4.14. The number of alkyl halides is 1. The van der Waals surface area contributed by atoms with Gasteiger partial charge in [0.15, 0.2) is 0 Å². The molecule has 9 heteroatoms. The highest BCUT2D eigenvalue weighted by Gasteiger charge is 2.32. The van der Waals surface area contributed by atoms with E-state index in [1.54, 1.807) is 0 Å². The van der Waals surface area contributed by atoms with Crippen molar-refractivity contribution in [1.82, 2.24) is 0 Å². The molecule has 0 aromatic carbocycles. The van der Waals surface area contributed by atoms with Crippen LogP contribution in [0.5, 0.6) is 0 Å². The second kappa shape index (κ2) is 18.9. The largest absolute Gasteiger partial charge is 0.466 e. The van der Waals surface area contributed by atoms with Crippen molar-refractivity contribution in [3.05, 3.63) is 0 Å². The van der Waals surface area contributed by atoms with Crippen LogP contribution in [0.3, 0.4) is 0 Å². The molecule has 0 aliphatic heterocycles. The van der Waals surface area contributed by atoms with Gasteiger partial charge >= 0.3 is 7.82 Å². The number of aliphatic hydroxyl groups is 2. The lowest BCUT2D eigenvalue weighted by Crippen LogP contribution is -2.55. The van der Waals surface area contributed by atoms with Crippen molar-refractivity contribution < 1.29 is 33.8 Å². The maximum absolute atomic E-state index is 12.7. The van der Waals surface area contributed by atoms with E-state index >= 15 is 0 Å². The number of aliphatic hydroxyl groups excluding tert-OH is 2. The van der Waals surface area contributed by atoms with Crippen LogP contribution in [0, 0.1) is 0 Å². The summed E-state index contributed by atoms with van der Waals surface area (Å²) < 4.78 is 21.6. The zero-order valence-electron chi connectivity index (χ0n) is 17.4. The van der Waals surface area contributed by atoms with Gasteiger partial charge in [0.05, 0.1) is 18.2 Å². The second-order valence-electron chi connectivity index (χ2n) is 7.59. The number of rotatable bonds is 17. The zero-order chi connectivity index (χ0) is 21.9. The zero-order valence-corrected chi connectivity index (χ0v) is 18.3. The molecular weight excluding hydrogens is 388 g/mol. The number of halogens is 1. The first kappa shape index (κ1) is 30.1. The summed E-state index contributed by atoms with van der Waals surface area (Å²) in [5, 5.41) is 18.9. The van der Waals surface area contributed by atoms with Crippen LogP contribution < -0.4 is 5.73 Å². The number of hydrogen-bond donors (Lipinski definition) is 6. The van der Waals surface area contributed by atoms with E-state index in [4.69, 9.17) is 30.1 Å². The van der Waals surface area contributed by atoms with Crippen LogP contribution in [-0.4, -0.2) is 49.8 Å². The number of phosphoric acid groups is 1. The smallest absolute Gasteiger partial charge is 0.394 e. The monoisotopic (exact) mass is 431 g/mol. The molecule has 0 aliphatic carbocycles. The molecule has 7 N–H and O–H groups in total. The second-order valence-corrected chi connectivity index (χ2v) is 8.61. The van der Waals surface area contributed by atoms with Crippen molar-refractivity contribution >= 4 is 7.82 Å². The van der Waals surface area contributed by atoms with Gasteiger partial charge in [0.25, 0.3) is 0 Å². The molecular formula is C19H43FNO6P. The predicted octanol–water partition coefficient (Wildman–Crippen LogP) is 3.56. The lowest BCUT2D eigenvalue weighted by atomic mass is 9.91. The first-order valence-corrected chi connectivity index (χ1v) is 12.1. The highest BCUT2D eigenvalue weighted by atomic mass is 31.2. The number of unbranched alkanes of at least 4 members (excludes halogenated alkanes) is 12. The molecule has 0 aromatic rings. The first-order chi connectivity index (χ1) is 13.1. The summed E-state index contributed by atoms with van der Waals surface area (Å²) in [7, 11) is -4.64. The average Bonchev–Trinajstić information content (AvgIpc) is 2.63. The molecule has 0 heterocycles. The number of hydrogen-bond acceptors (Lipinski definition) is 4. The first-order valence-electron chi connectivity index (χ1n) is 10.5. The highest BCUT2D eigenvalue weighted by molar-refractivity contribution is 7.45. The molecule has 172 valence electrons. The van der Waals surface area contributed by atoms with E-state index in [0.717, 1.165) is 19.3 Å². The molecule has 0 saturated heterocycles. The molecule has 0 saturated carbocycles. The number of nitrogens with two attached hydrogens (primary N) is 1. The summed E-state index contributed by atoms with van der Waals surface area (Å²) in [6.07, 6.45) is 16.0. The Bertz CT molecular complexity index is 371. The Kier molecular flexibility index (Phi) is 20.3. The lowest BCUT2D eigenvalue weighted by Gasteiger charge is -2.29. The Morgan fingerprint density at radius 1 is 0.857 bits per heavy atom. The molecule has 2 atom stereocenters. The van der Waals surface area contributed by atoms with Crippen LogP contribution in [0.2, 0.25) is 0 Å².